The minimum atomic E-state index is -4.32. The molecule has 0 aromatic heterocycles. The third-order valence-electron chi connectivity index (χ3n) is 4.68. The summed E-state index contributed by atoms with van der Waals surface area (Å²) in [5, 5.41) is 2.61. The molecule has 1 aliphatic heterocycles. The molecule has 26 heavy (non-hydrogen) atoms. The maximum Gasteiger partial charge on any atom is 0.416 e. The van der Waals surface area contributed by atoms with Gasteiger partial charge in [0.1, 0.15) is 0 Å². The molecule has 1 atom stereocenters. The molecular weight excluding hydrogens is 345 g/mol. The molecule has 1 fully saturated rings. The molecule has 0 bridgehead atoms. The van der Waals surface area contributed by atoms with Gasteiger partial charge in [-0.2, -0.15) is 13.2 Å². The van der Waals surface area contributed by atoms with Gasteiger partial charge in [0.2, 0.25) is 11.8 Å². The lowest BCUT2D eigenvalue weighted by Crippen LogP contribution is -2.41. The predicted molar refractivity (Wildman–Crippen MR) is 92.4 cm³/mol. The van der Waals surface area contributed by atoms with Crippen LogP contribution in [0, 0.1) is 5.92 Å². The third-order valence-corrected chi connectivity index (χ3v) is 4.68. The number of hydrogen-bond donors (Lipinski definition) is 1. The van der Waals surface area contributed by atoms with Crippen molar-refractivity contribution in [2.45, 2.75) is 45.2 Å². The Labute approximate surface area is 151 Å². The van der Waals surface area contributed by atoms with Crippen LogP contribution in [0.4, 0.5) is 13.2 Å². The first-order valence-corrected chi connectivity index (χ1v) is 8.94. The molecule has 1 aliphatic rings. The third kappa shape index (κ3) is 6.35. The van der Waals surface area contributed by atoms with E-state index in [0.717, 1.165) is 25.3 Å². The van der Waals surface area contributed by atoms with Crippen LogP contribution in [0.25, 0.3) is 0 Å². The number of rotatable bonds is 6. The lowest BCUT2D eigenvalue weighted by Gasteiger charge is -2.33. The van der Waals surface area contributed by atoms with E-state index in [9.17, 15) is 22.8 Å². The van der Waals surface area contributed by atoms with Crippen LogP contribution >= 0.6 is 0 Å². The molecule has 0 aliphatic carbocycles. The second-order valence-electron chi connectivity index (χ2n) is 6.82. The fourth-order valence-corrected chi connectivity index (χ4v) is 3.30. The number of benzene rings is 1. The maximum absolute atomic E-state index is 12.8. The Balaban J connectivity index is 1.83. The van der Waals surface area contributed by atoms with Gasteiger partial charge >= 0.3 is 6.18 Å². The van der Waals surface area contributed by atoms with Crippen molar-refractivity contribution in [3.63, 3.8) is 0 Å². The smallest absolute Gasteiger partial charge is 0.356 e. The first-order valence-electron chi connectivity index (χ1n) is 8.94. The van der Waals surface area contributed by atoms with Gasteiger partial charge in [-0.15, -0.1) is 0 Å². The van der Waals surface area contributed by atoms with Gasteiger partial charge in [-0.1, -0.05) is 18.2 Å². The molecule has 7 heteroatoms. The SMILES string of the molecule is CC(=O)NCCC(=O)N1CCC[C@@H](CCc2cccc(C(F)(F)F)c2)C1. The topological polar surface area (TPSA) is 49.4 Å². The summed E-state index contributed by atoms with van der Waals surface area (Å²) in [6.07, 6.45) is -0.829. The second kappa shape index (κ2) is 9.05. The van der Waals surface area contributed by atoms with E-state index in [1.807, 2.05) is 4.90 Å². The van der Waals surface area contributed by atoms with Crippen molar-refractivity contribution in [3.8, 4) is 0 Å². The summed E-state index contributed by atoms with van der Waals surface area (Å²) >= 11 is 0. The molecule has 144 valence electrons. The van der Waals surface area contributed by atoms with Gasteiger partial charge in [0.05, 0.1) is 5.56 Å². The van der Waals surface area contributed by atoms with E-state index in [1.165, 1.54) is 19.1 Å². The van der Waals surface area contributed by atoms with Gasteiger partial charge in [0.25, 0.3) is 0 Å². The van der Waals surface area contributed by atoms with Crippen LogP contribution in [0.3, 0.4) is 0 Å². The summed E-state index contributed by atoms with van der Waals surface area (Å²) in [5.74, 6) is 0.154. The Bertz CT molecular complexity index is 631. The number of carbonyl (C=O) groups excluding carboxylic acids is 2. The highest BCUT2D eigenvalue weighted by atomic mass is 19.4. The highest BCUT2D eigenvalue weighted by Gasteiger charge is 2.30. The lowest BCUT2D eigenvalue weighted by molar-refractivity contribution is -0.137. The fourth-order valence-electron chi connectivity index (χ4n) is 3.30. The Morgan fingerprint density at radius 3 is 2.77 bits per heavy atom. The van der Waals surface area contributed by atoms with Crippen LogP contribution in [0.2, 0.25) is 0 Å². The highest BCUT2D eigenvalue weighted by molar-refractivity contribution is 5.78. The predicted octanol–water partition coefficient (Wildman–Crippen LogP) is 3.40. The Morgan fingerprint density at radius 1 is 1.31 bits per heavy atom. The first-order chi connectivity index (χ1) is 12.3. The molecule has 2 amide bonds. The van der Waals surface area contributed by atoms with Crippen LogP contribution < -0.4 is 5.32 Å². The summed E-state index contributed by atoms with van der Waals surface area (Å²) in [6, 6.07) is 5.45. The summed E-state index contributed by atoms with van der Waals surface area (Å²) < 4.78 is 38.4. The van der Waals surface area contributed by atoms with Crippen molar-refractivity contribution in [1.82, 2.24) is 10.2 Å². The lowest BCUT2D eigenvalue weighted by atomic mass is 9.91. The average Bonchev–Trinajstić information content (AvgIpc) is 2.59. The Morgan fingerprint density at radius 2 is 2.08 bits per heavy atom. The van der Waals surface area contributed by atoms with Gasteiger partial charge < -0.3 is 10.2 Å². The van der Waals surface area contributed by atoms with Crippen molar-refractivity contribution in [2.75, 3.05) is 19.6 Å². The normalized spacial score (nSPS) is 17.8. The first kappa shape index (κ1) is 20.3. The monoisotopic (exact) mass is 370 g/mol. The summed E-state index contributed by atoms with van der Waals surface area (Å²) in [7, 11) is 0. The standard InChI is InChI=1S/C19H25F3N2O2/c1-14(25)23-10-9-18(26)24-11-3-5-16(13-24)8-7-15-4-2-6-17(12-15)19(20,21)22/h2,4,6,12,16H,3,5,7-11,13H2,1H3,(H,23,25)/t16-/m0/s1. The van der Waals surface area contributed by atoms with Crippen LogP contribution in [0.1, 0.15) is 43.7 Å². The van der Waals surface area contributed by atoms with Gasteiger partial charge in [-0.25, -0.2) is 0 Å². The zero-order valence-corrected chi connectivity index (χ0v) is 14.9. The number of carbonyl (C=O) groups is 2. The number of alkyl halides is 3. The van der Waals surface area contributed by atoms with Crippen molar-refractivity contribution in [1.29, 1.82) is 0 Å². The van der Waals surface area contributed by atoms with E-state index in [4.69, 9.17) is 0 Å². The number of nitrogens with zero attached hydrogens (tertiary/aromatic N) is 1. The molecule has 1 aromatic carbocycles. The summed E-state index contributed by atoms with van der Waals surface area (Å²) in [4.78, 5) is 24.9. The number of halogens is 3. The van der Waals surface area contributed by atoms with Gasteiger partial charge in [-0.05, 0) is 43.2 Å². The largest absolute Gasteiger partial charge is 0.416 e. The molecule has 0 radical (unpaired) electrons. The molecule has 0 saturated carbocycles. The van der Waals surface area contributed by atoms with Crippen molar-refractivity contribution in [3.05, 3.63) is 35.4 Å². The maximum atomic E-state index is 12.8. The van der Waals surface area contributed by atoms with Crippen LogP contribution in [-0.2, 0) is 22.2 Å². The van der Waals surface area contributed by atoms with Crippen molar-refractivity contribution < 1.29 is 22.8 Å². The number of likely N-dealkylation sites (tertiary alicyclic amines) is 1. The average molecular weight is 370 g/mol. The van der Waals surface area contributed by atoms with Gasteiger partial charge in [0.15, 0.2) is 0 Å². The van der Waals surface area contributed by atoms with E-state index in [2.05, 4.69) is 5.32 Å². The minimum Gasteiger partial charge on any atom is -0.356 e. The van der Waals surface area contributed by atoms with E-state index >= 15 is 0 Å². The molecule has 1 N–H and O–H groups in total. The zero-order valence-electron chi connectivity index (χ0n) is 14.9. The number of amides is 2. The van der Waals surface area contributed by atoms with Crippen molar-refractivity contribution in [2.24, 2.45) is 5.92 Å². The molecule has 0 spiro atoms. The van der Waals surface area contributed by atoms with Crippen LogP contribution in [0.5, 0.6) is 0 Å². The number of hydrogen-bond acceptors (Lipinski definition) is 2. The number of aryl methyl sites for hydroxylation is 1. The number of piperidine rings is 1. The van der Waals surface area contributed by atoms with Crippen molar-refractivity contribution >= 4 is 11.8 Å². The van der Waals surface area contributed by atoms with Crippen LogP contribution in [-0.4, -0.2) is 36.3 Å². The minimum absolute atomic E-state index is 0.0162. The Hall–Kier alpha value is -2.05. The number of nitrogens with one attached hydrogen (secondary N) is 1. The molecule has 0 unspecified atom stereocenters. The molecular formula is C19H25F3N2O2. The Kier molecular flexibility index (Phi) is 7.06. The van der Waals surface area contributed by atoms with Gasteiger partial charge in [-0.3, -0.25) is 9.59 Å². The van der Waals surface area contributed by atoms with E-state index in [0.29, 0.717) is 37.5 Å². The van der Waals surface area contributed by atoms with E-state index in [1.54, 1.807) is 6.07 Å². The summed E-state index contributed by atoms with van der Waals surface area (Å²) in [5.41, 5.74) is 0.0577. The molecule has 4 nitrogen and oxygen atoms in total. The molecule has 1 saturated heterocycles. The highest BCUT2D eigenvalue weighted by Crippen LogP contribution is 2.30. The van der Waals surface area contributed by atoms with Gasteiger partial charge in [0, 0.05) is 33.0 Å². The quantitative estimate of drug-likeness (QED) is 0.834. The molecule has 2 rings (SSSR count). The second-order valence-corrected chi connectivity index (χ2v) is 6.82. The molecule has 1 aromatic rings. The van der Waals surface area contributed by atoms with Crippen LogP contribution in [0.15, 0.2) is 24.3 Å². The fraction of sp³-hybridized carbons (Fsp3) is 0.579. The molecule has 1 heterocycles. The zero-order chi connectivity index (χ0) is 19.2. The van der Waals surface area contributed by atoms with E-state index < -0.39 is 11.7 Å². The summed E-state index contributed by atoms with van der Waals surface area (Å²) in [6.45, 7) is 3.09. The van der Waals surface area contributed by atoms with E-state index in [-0.39, 0.29) is 18.2 Å².